The largest absolute Gasteiger partial charge is 0.469 e. The van der Waals surface area contributed by atoms with E-state index in [-0.39, 0.29) is 31.9 Å². The first-order valence-corrected chi connectivity index (χ1v) is 4.30. The molecule has 1 rings (SSSR count). The molecule has 0 amide bonds. The van der Waals surface area contributed by atoms with Crippen LogP contribution in [-0.2, 0) is 9.53 Å². The number of carbonyl (C=O) groups excluding carboxylic acids is 1. The molecule has 0 radical (unpaired) electrons. The van der Waals surface area contributed by atoms with Crippen LogP contribution in [0.2, 0.25) is 0 Å². The second-order valence-electron chi connectivity index (χ2n) is 3.35. The highest BCUT2D eigenvalue weighted by molar-refractivity contribution is 5.85. The van der Waals surface area contributed by atoms with Gasteiger partial charge in [-0.25, -0.2) is 0 Å². The monoisotopic (exact) mass is 247 g/mol. The lowest BCUT2D eigenvalue weighted by Gasteiger charge is -2.29. The lowest BCUT2D eigenvalue weighted by Crippen LogP contribution is -2.45. The van der Waals surface area contributed by atoms with Crippen molar-refractivity contribution in [2.75, 3.05) is 20.2 Å². The van der Waals surface area contributed by atoms with Crippen molar-refractivity contribution in [3.8, 4) is 0 Å². The number of piperidine rings is 1. The summed E-state index contributed by atoms with van der Waals surface area (Å²) in [6.45, 7) is 0.149. The van der Waals surface area contributed by atoms with Crippen LogP contribution in [0.1, 0.15) is 6.42 Å². The molecular formula is C8H13ClF3NO2. The summed E-state index contributed by atoms with van der Waals surface area (Å²) in [5.41, 5.74) is 0. The van der Waals surface area contributed by atoms with Gasteiger partial charge in [0.25, 0.3) is 0 Å². The molecule has 0 saturated carbocycles. The first kappa shape index (κ1) is 14.5. The topological polar surface area (TPSA) is 38.3 Å². The molecule has 1 saturated heterocycles. The molecule has 0 aliphatic carbocycles. The maximum atomic E-state index is 12.3. The van der Waals surface area contributed by atoms with Gasteiger partial charge in [-0.1, -0.05) is 0 Å². The zero-order valence-electron chi connectivity index (χ0n) is 8.13. The summed E-state index contributed by atoms with van der Waals surface area (Å²) < 4.78 is 41.3. The fourth-order valence-corrected chi connectivity index (χ4v) is 1.54. The molecule has 0 bridgehead atoms. The maximum absolute atomic E-state index is 12.3. The van der Waals surface area contributed by atoms with Gasteiger partial charge in [-0.05, 0) is 6.42 Å². The van der Waals surface area contributed by atoms with Crippen LogP contribution in [0.25, 0.3) is 0 Å². The number of carbonyl (C=O) groups is 1. The third kappa shape index (κ3) is 3.87. The van der Waals surface area contributed by atoms with E-state index in [1.165, 1.54) is 7.11 Å². The lowest BCUT2D eigenvalue weighted by atomic mass is 9.90. The Morgan fingerprint density at radius 2 is 2.00 bits per heavy atom. The SMILES string of the molecule is COC(=O)[C@H]1CNC[C@@H](C(F)(F)F)C1.Cl. The fraction of sp³-hybridized carbons (Fsp3) is 0.875. The Labute approximate surface area is 91.8 Å². The van der Waals surface area contributed by atoms with Gasteiger partial charge in [0.2, 0.25) is 0 Å². The van der Waals surface area contributed by atoms with E-state index in [9.17, 15) is 18.0 Å². The summed E-state index contributed by atoms with van der Waals surface area (Å²) in [6, 6.07) is 0. The zero-order chi connectivity index (χ0) is 10.8. The van der Waals surface area contributed by atoms with Gasteiger partial charge in [0.15, 0.2) is 0 Å². The summed E-state index contributed by atoms with van der Waals surface area (Å²) in [5, 5.41) is 2.59. The highest BCUT2D eigenvalue weighted by atomic mass is 35.5. The van der Waals surface area contributed by atoms with Crippen molar-refractivity contribution in [1.29, 1.82) is 0 Å². The number of hydrogen-bond donors (Lipinski definition) is 1. The van der Waals surface area contributed by atoms with E-state index in [0.29, 0.717) is 0 Å². The number of nitrogens with one attached hydrogen (secondary N) is 1. The van der Waals surface area contributed by atoms with Crippen molar-refractivity contribution in [1.82, 2.24) is 5.32 Å². The first-order chi connectivity index (χ1) is 6.45. The van der Waals surface area contributed by atoms with Gasteiger partial charge in [-0.2, -0.15) is 13.2 Å². The molecule has 0 aromatic carbocycles. The molecule has 0 aromatic rings. The molecular weight excluding hydrogens is 235 g/mol. The van der Waals surface area contributed by atoms with Crippen LogP contribution in [0.4, 0.5) is 13.2 Å². The van der Waals surface area contributed by atoms with Crippen molar-refractivity contribution in [3.63, 3.8) is 0 Å². The van der Waals surface area contributed by atoms with Crippen molar-refractivity contribution >= 4 is 18.4 Å². The Hall–Kier alpha value is -0.490. The molecule has 0 unspecified atom stereocenters. The van der Waals surface area contributed by atoms with E-state index in [0.717, 1.165) is 0 Å². The zero-order valence-corrected chi connectivity index (χ0v) is 8.95. The Kier molecular flexibility index (Phi) is 5.37. The summed E-state index contributed by atoms with van der Waals surface area (Å²) in [5.74, 6) is -2.70. The van der Waals surface area contributed by atoms with E-state index in [4.69, 9.17) is 0 Å². The van der Waals surface area contributed by atoms with Gasteiger partial charge in [-0.15, -0.1) is 12.4 Å². The number of rotatable bonds is 1. The van der Waals surface area contributed by atoms with Crippen LogP contribution < -0.4 is 5.32 Å². The molecule has 7 heteroatoms. The summed E-state index contributed by atoms with van der Waals surface area (Å²) >= 11 is 0. The molecule has 1 fully saturated rings. The van der Waals surface area contributed by atoms with Crippen LogP contribution in [0, 0.1) is 11.8 Å². The second kappa shape index (κ2) is 5.55. The van der Waals surface area contributed by atoms with Crippen molar-refractivity contribution in [2.24, 2.45) is 11.8 Å². The molecule has 90 valence electrons. The molecule has 3 nitrogen and oxygen atoms in total. The lowest BCUT2D eigenvalue weighted by molar-refractivity contribution is -0.184. The average Bonchev–Trinajstić information content (AvgIpc) is 2.15. The van der Waals surface area contributed by atoms with Crippen LogP contribution in [-0.4, -0.2) is 32.3 Å². The minimum Gasteiger partial charge on any atom is -0.469 e. The number of ether oxygens (including phenoxy) is 1. The Bertz CT molecular complexity index is 222. The molecule has 0 spiro atoms. The summed E-state index contributed by atoms with van der Waals surface area (Å²) in [4.78, 5) is 11.0. The number of alkyl halides is 3. The van der Waals surface area contributed by atoms with Crippen molar-refractivity contribution in [3.05, 3.63) is 0 Å². The van der Waals surface area contributed by atoms with Crippen LogP contribution in [0.5, 0.6) is 0 Å². The fourth-order valence-electron chi connectivity index (χ4n) is 1.54. The molecule has 2 atom stereocenters. The molecule has 0 aromatic heterocycles. The van der Waals surface area contributed by atoms with Crippen LogP contribution in [0.15, 0.2) is 0 Å². The molecule has 1 aliphatic rings. The van der Waals surface area contributed by atoms with Crippen molar-refractivity contribution in [2.45, 2.75) is 12.6 Å². The van der Waals surface area contributed by atoms with Gasteiger partial charge in [-0.3, -0.25) is 4.79 Å². The van der Waals surface area contributed by atoms with Gasteiger partial charge in [0.05, 0.1) is 18.9 Å². The quantitative estimate of drug-likeness (QED) is 0.712. The standard InChI is InChI=1S/C8H12F3NO2.ClH/c1-14-7(13)5-2-6(4-12-3-5)8(9,10)11;/h5-6,12H,2-4H2,1H3;1H/t5-,6+;/m1./s1. The predicted molar refractivity (Wildman–Crippen MR) is 49.8 cm³/mol. The number of hydrogen-bond acceptors (Lipinski definition) is 3. The molecule has 1 aliphatic heterocycles. The summed E-state index contributed by atoms with van der Waals surface area (Å²) in [6.07, 6.45) is -4.41. The van der Waals surface area contributed by atoms with E-state index >= 15 is 0 Å². The molecule has 15 heavy (non-hydrogen) atoms. The Morgan fingerprint density at radius 1 is 1.40 bits per heavy atom. The average molecular weight is 248 g/mol. The minimum atomic E-state index is -4.24. The molecule has 1 N–H and O–H groups in total. The second-order valence-corrected chi connectivity index (χ2v) is 3.35. The van der Waals surface area contributed by atoms with E-state index in [1.54, 1.807) is 0 Å². The highest BCUT2D eigenvalue weighted by Gasteiger charge is 2.43. The van der Waals surface area contributed by atoms with Crippen LogP contribution >= 0.6 is 12.4 Å². The maximum Gasteiger partial charge on any atom is 0.393 e. The third-order valence-electron chi connectivity index (χ3n) is 2.35. The molecule has 1 heterocycles. The highest BCUT2D eigenvalue weighted by Crippen LogP contribution is 2.32. The van der Waals surface area contributed by atoms with Gasteiger partial charge in [0.1, 0.15) is 0 Å². The third-order valence-corrected chi connectivity index (χ3v) is 2.35. The smallest absolute Gasteiger partial charge is 0.393 e. The summed E-state index contributed by atoms with van der Waals surface area (Å²) in [7, 11) is 1.18. The normalized spacial score (nSPS) is 26.7. The Balaban J connectivity index is 0.00000196. The van der Waals surface area contributed by atoms with E-state index < -0.39 is 24.0 Å². The van der Waals surface area contributed by atoms with Gasteiger partial charge < -0.3 is 10.1 Å². The van der Waals surface area contributed by atoms with Gasteiger partial charge in [0, 0.05) is 13.1 Å². The number of esters is 1. The minimum absolute atomic E-state index is 0. The Morgan fingerprint density at radius 3 is 2.47 bits per heavy atom. The van der Waals surface area contributed by atoms with Crippen molar-refractivity contribution < 1.29 is 22.7 Å². The number of halogens is 4. The van der Waals surface area contributed by atoms with Crippen LogP contribution in [0.3, 0.4) is 0 Å². The van der Waals surface area contributed by atoms with Gasteiger partial charge >= 0.3 is 12.1 Å². The number of methoxy groups -OCH3 is 1. The van der Waals surface area contributed by atoms with E-state index in [2.05, 4.69) is 10.1 Å². The van der Waals surface area contributed by atoms with E-state index in [1.807, 2.05) is 0 Å². The predicted octanol–water partition coefficient (Wildman–Crippen LogP) is 1.37. The first-order valence-electron chi connectivity index (χ1n) is 4.30.